The Labute approximate surface area is 105 Å². The van der Waals surface area contributed by atoms with Gasteiger partial charge in [-0.2, -0.15) is 0 Å². The molecule has 0 aliphatic heterocycles. The standard InChI is InChI=1S/C13H17N3O2/c1-3-13(2,18)7-14-12(17)9-4-5-10-11(6-9)16-8-15-10/h4-6,8,18H,3,7H2,1-2H3,(H,14,17)(H,15,16). The maximum Gasteiger partial charge on any atom is 0.251 e. The topological polar surface area (TPSA) is 78.0 Å². The number of nitrogens with one attached hydrogen (secondary N) is 2. The summed E-state index contributed by atoms with van der Waals surface area (Å²) in [7, 11) is 0. The van der Waals surface area contributed by atoms with Crippen molar-refractivity contribution in [1.29, 1.82) is 0 Å². The fourth-order valence-electron chi connectivity index (χ4n) is 1.57. The Hall–Kier alpha value is -1.88. The lowest BCUT2D eigenvalue weighted by atomic mass is 10.0. The molecule has 2 aromatic rings. The third kappa shape index (κ3) is 2.68. The number of hydrogen-bond donors (Lipinski definition) is 3. The van der Waals surface area contributed by atoms with E-state index in [1.54, 1.807) is 31.5 Å². The van der Waals surface area contributed by atoms with Crippen LogP contribution in [0, 0.1) is 0 Å². The molecule has 0 fully saturated rings. The summed E-state index contributed by atoms with van der Waals surface area (Å²) in [4.78, 5) is 19.0. The normalized spacial score (nSPS) is 14.4. The quantitative estimate of drug-likeness (QED) is 0.765. The number of carbonyl (C=O) groups excluding carboxylic acids is 1. The number of aromatic nitrogens is 2. The molecular formula is C13H17N3O2. The van der Waals surface area contributed by atoms with Crippen molar-refractivity contribution in [2.24, 2.45) is 0 Å². The molecule has 1 aromatic heterocycles. The Morgan fingerprint density at radius 2 is 2.33 bits per heavy atom. The minimum Gasteiger partial charge on any atom is -0.388 e. The van der Waals surface area contributed by atoms with Crippen LogP contribution < -0.4 is 5.32 Å². The molecule has 0 radical (unpaired) electrons. The van der Waals surface area contributed by atoms with Crippen molar-refractivity contribution in [2.75, 3.05) is 6.54 Å². The molecule has 1 heterocycles. The number of amides is 1. The van der Waals surface area contributed by atoms with Crippen molar-refractivity contribution >= 4 is 16.9 Å². The molecule has 2 rings (SSSR count). The van der Waals surface area contributed by atoms with Crippen LogP contribution in [0.1, 0.15) is 30.6 Å². The maximum atomic E-state index is 11.9. The molecule has 1 amide bonds. The number of nitrogens with zero attached hydrogens (tertiary/aromatic N) is 1. The molecule has 0 aliphatic carbocycles. The zero-order valence-electron chi connectivity index (χ0n) is 10.5. The molecule has 1 unspecified atom stereocenters. The lowest BCUT2D eigenvalue weighted by molar-refractivity contribution is 0.0518. The molecule has 18 heavy (non-hydrogen) atoms. The van der Waals surface area contributed by atoms with Crippen LogP contribution in [0.5, 0.6) is 0 Å². The molecule has 0 spiro atoms. The molecule has 0 saturated heterocycles. The van der Waals surface area contributed by atoms with E-state index in [-0.39, 0.29) is 12.5 Å². The summed E-state index contributed by atoms with van der Waals surface area (Å²) in [6.45, 7) is 3.82. The first-order chi connectivity index (χ1) is 8.52. The first-order valence-corrected chi connectivity index (χ1v) is 5.95. The van der Waals surface area contributed by atoms with Crippen molar-refractivity contribution in [1.82, 2.24) is 15.3 Å². The van der Waals surface area contributed by atoms with Gasteiger partial charge in [-0.3, -0.25) is 4.79 Å². The van der Waals surface area contributed by atoms with Crippen LogP contribution >= 0.6 is 0 Å². The van der Waals surface area contributed by atoms with Crippen LogP contribution in [0.4, 0.5) is 0 Å². The van der Waals surface area contributed by atoms with E-state index in [4.69, 9.17) is 0 Å². The number of aliphatic hydroxyl groups is 1. The average Bonchev–Trinajstić information content (AvgIpc) is 2.83. The van der Waals surface area contributed by atoms with E-state index in [0.29, 0.717) is 12.0 Å². The summed E-state index contributed by atoms with van der Waals surface area (Å²) in [6.07, 6.45) is 2.18. The van der Waals surface area contributed by atoms with Gasteiger partial charge in [0, 0.05) is 12.1 Å². The van der Waals surface area contributed by atoms with Gasteiger partial charge < -0.3 is 15.4 Å². The van der Waals surface area contributed by atoms with Gasteiger partial charge in [0.2, 0.25) is 0 Å². The molecular weight excluding hydrogens is 230 g/mol. The average molecular weight is 247 g/mol. The lowest BCUT2D eigenvalue weighted by Gasteiger charge is -2.21. The van der Waals surface area contributed by atoms with Crippen molar-refractivity contribution < 1.29 is 9.90 Å². The Morgan fingerprint density at radius 1 is 1.56 bits per heavy atom. The van der Waals surface area contributed by atoms with E-state index in [1.165, 1.54) is 0 Å². The second-order valence-corrected chi connectivity index (χ2v) is 4.67. The monoisotopic (exact) mass is 247 g/mol. The number of fused-ring (bicyclic) bond motifs is 1. The zero-order valence-corrected chi connectivity index (χ0v) is 10.5. The molecule has 0 saturated carbocycles. The van der Waals surface area contributed by atoms with E-state index in [0.717, 1.165) is 11.0 Å². The summed E-state index contributed by atoms with van der Waals surface area (Å²) in [5.41, 5.74) is 1.34. The van der Waals surface area contributed by atoms with E-state index in [2.05, 4.69) is 15.3 Å². The van der Waals surface area contributed by atoms with Crippen LogP contribution in [-0.2, 0) is 0 Å². The van der Waals surface area contributed by atoms with Crippen molar-refractivity contribution in [3.05, 3.63) is 30.1 Å². The van der Waals surface area contributed by atoms with E-state index in [1.807, 2.05) is 6.92 Å². The van der Waals surface area contributed by atoms with E-state index >= 15 is 0 Å². The smallest absolute Gasteiger partial charge is 0.251 e. The van der Waals surface area contributed by atoms with Crippen molar-refractivity contribution in [3.63, 3.8) is 0 Å². The van der Waals surface area contributed by atoms with Crippen LogP contribution in [-0.4, -0.2) is 33.1 Å². The first-order valence-electron chi connectivity index (χ1n) is 5.95. The van der Waals surface area contributed by atoms with Gasteiger partial charge in [0.05, 0.1) is 23.0 Å². The number of rotatable bonds is 4. The first kappa shape index (κ1) is 12.6. The van der Waals surface area contributed by atoms with Gasteiger partial charge >= 0.3 is 0 Å². The summed E-state index contributed by atoms with van der Waals surface area (Å²) >= 11 is 0. The van der Waals surface area contributed by atoms with Crippen molar-refractivity contribution in [2.45, 2.75) is 25.9 Å². The largest absolute Gasteiger partial charge is 0.388 e. The third-order valence-corrected chi connectivity index (χ3v) is 3.07. The number of H-pyrrole nitrogens is 1. The minimum absolute atomic E-state index is 0.194. The SMILES string of the molecule is CCC(C)(O)CNC(=O)c1ccc2nc[nH]c2c1. The number of carbonyl (C=O) groups is 1. The Morgan fingerprint density at radius 3 is 3.06 bits per heavy atom. The highest BCUT2D eigenvalue weighted by Crippen LogP contribution is 2.12. The Balaban J connectivity index is 2.08. The van der Waals surface area contributed by atoms with Crippen LogP contribution in [0.15, 0.2) is 24.5 Å². The van der Waals surface area contributed by atoms with Gasteiger partial charge in [0.25, 0.3) is 5.91 Å². The highest BCUT2D eigenvalue weighted by Gasteiger charge is 2.18. The van der Waals surface area contributed by atoms with Crippen molar-refractivity contribution in [3.8, 4) is 0 Å². The molecule has 5 nitrogen and oxygen atoms in total. The summed E-state index contributed by atoms with van der Waals surface area (Å²) < 4.78 is 0. The van der Waals surface area contributed by atoms with Gasteiger partial charge in [0.1, 0.15) is 0 Å². The highest BCUT2D eigenvalue weighted by molar-refractivity contribution is 5.97. The fourth-order valence-corrected chi connectivity index (χ4v) is 1.57. The van der Waals surface area contributed by atoms with Gasteiger partial charge in [0.15, 0.2) is 0 Å². The number of benzene rings is 1. The molecule has 96 valence electrons. The lowest BCUT2D eigenvalue weighted by Crippen LogP contribution is -2.40. The van der Waals surface area contributed by atoms with Crippen LogP contribution in [0.25, 0.3) is 11.0 Å². The fraction of sp³-hybridized carbons (Fsp3) is 0.385. The molecule has 3 N–H and O–H groups in total. The van der Waals surface area contributed by atoms with Crippen LogP contribution in [0.2, 0.25) is 0 Å². The third-order valence-electron chi connectivity index (χ3n) is 3.07. The molecule has 1 aromatic carbocycles. The minimum atomic E-state index is -0.867. The summed E-state index contributed by atoms with van der Waals surface area (Å²) in [6, 6.07) is 5.26. The second kappa shape index (κ2) is 4.78. The Bertz CT molecular complexity index is 560. The predicted octanol–water partition coefficient (Wildman–Crippen LogP) is 1.45. The van der Waals surface area contributed by atoms with Gasteiger partial charge in [-0.25, -0.2) is 4.98 Å². The van der Waals surface area contributed by atoms with E-state index < -0.39 is 5.60 Å². The molecule has 0 aliphatic rings. The molecule has 0 bridgehead atoms. The molecule has 5 heteroatoms. The zero-order chi connectivity index (χ0) is 13.2. The van der Waals surface area contributed by atoms with E-state index in [9.17, 15) is 9.90 Å². The number of hydrogen-bond acceptors (Lipinski definition) is 3. The number of aromatic amines is 1. The van der Waals surface area contributed by atoms with Gasteiger partial charge in [-0.05, 0) is 31.5 Å². The molecule has 1 atom stereocenters. The van der Waals surface area contributed by atoms with Gasteiger partial charge in [-0.1, -0.05) is 6.92 Å². The predicted molar refractivity (Wildman–Crippen MR) is 69.3 cm³/mol. The van der Waals surface area contributed by atoms with Gasteiger partial charge in [-0.15, -0.1) is 0 Å². The Kier molecular flexibility index (Phi) is 3.34. The highest BCUT2D eigenvalue weighted by atomic mass is 16.3. The second-order valence-electron chi connectivity index (χ2n) is 4.67. The summed E-state index contributed by atoms with van der Waals surface area (Å²) in [5, 5.41) is 12.6. The summed E-state index contributed by atoms with van der Waals surface area (Å²) in [5.74, 6) is -0.194. The number of imidazole rings is 1. The van der Waals surface area contributed by atoms with Crippen LogP contribution in [0.3, 0.4) is 0 Å². The maximum absolute atomic E-state index is 11.9.